The van der Waals surface area contributed by atoms with Crippen molar-refractivity contribution in [2.45, 2.75) is 45.5 Å². The summed E-state index contributed by atoms with van der Waals surface area (Å²) in [6.07, 6.45) is -5.08. The second kappa shape index (κ2) is 4.87. The molecule has 18 heavy (non-hydrogen) atoms. The van der Waals surface area contributed by atoms with Crippen LogP contribution in [0.3, 0.4) is 0 Å². The number of nitrogens with zero attached hydrogens (tertiary/aromatic N) is 3. The maximum absolute atomic E-state index is 12.2. The lowest BCUT2D eigenvalue weighted by atomic mass is 10.0. The first-order valence-corrected chi connectivity index (χ1v) is 6.10. The molecule has 102 valence electrons. The molecule has 0 aliphatic carbocycles. The van der Waals surface area contributed by atoms with Crippen molar-refractivity contribution in [2.24, 2.45) is 5.92 Å². The predicted molar refractivity (Wildman–Crippen MR) is 60.0 cm³/mol. The molecule has 0 amide bonds. The highest BCUT2D eigenvalue weighted by atomic mass is 19.4. The van der Waals surface area contributed by atoms with Crippen molar-refractivity contribution in [2.75, 3.05) is 6.54 Å². The van der Waals surface area contributed by atoms with Crippen LogP contribution in [-0.2, 0) is 13.0 Å². The molecular formula is C11H17F3N4. The summed E-state index contributed by atoms with van der Waals surface area (Å²) in [6, 6.07) is 0.0749. The number of aryl methyl sites for hydroxylation is 1. The van der Waals surface area contributed by atoms with Crippen LogP contribution in [0.25, 0.3) is 0 Å². The third-order valence-electron chi connectivity index (χ3n) is 3.13. The van der Waals surface area contributed by atoms with E-state index in [1.165, 1.54) is 0 Å². The molecule has 1 unspecified atom stereocenters. The molecule has 2 heterocycles. The Morgan fingerprint density at radius 1 is 1.39 bits per heavy atom. The van der Waals surface area contributed by atoms with E-state index in [-0.39, 0.29) is 12.5 Å². The highest BCUT2D eigenvalue weighted by Gasteiger charge is 2.30. The lowest BCUT2D eigenvalue weighted by Crippen LogP contribution is -2.37. The van der Waals surface area contributed by atoms with Gasteiger partial charge < -0.3 is 9.88 Å². The molecule has 0 fully saturated rings. The maximum atomic E-state index is 12.2. The molecule has 7 heteroatoms. The van der Waals surface area contributed by atoms with Crippen molar-refractivity contribution < 1.29 is 13.2 Å². The Morgan fingerprint density at radius 3 is 2.72 bits per heavy atom. The molecule has 0 spiro atoms. The van der Waals surface area contributed by atoms with Crippen molar-refractivity contribution in [3.8, 4) is 0 Å². The Bertz CT molecular complexity index is 411. The molecule has 1 aliphatic heterocycles. The van der Waals surface area contributed by atoms with Crippen LogP contribution < -0.4 is 5.32 Å². The number of fused-ring (bicyclic) bond motifs is 1. The summed E-state index contributed by atoms with van der Waals surface area (Å²) in [5.41, 5.74) is 0. The normalized spacial score (nSPS) is 20.2. The van der Waals surface area contributed by atoms with Crippen LogP contribution >= 0.6 is 0 Å². The summed E-state index contributed by atoms with van der Waals surface area (Å²) in [6.45, 7) is 5.49. The summed E-state index contributed by atoms with van der Waals surface area (Å²) >= 11 is 0. The fourth-order valence-corrected chi connectivity index (χ4v) is 2.22. The van der Waals surface area contributed by atoms with Crippen molar-refractivity contribution >= 4 is 0 Å². The van der Waals surface area contributed by atoms with Gasteiger partial charge >= 0.3 is 6.18 Å². The predicted octanol–water partition coefficient (Wildman–Crippen LogP) is 2.07. The Balaban J connectivity index is 2.15. The summed E-state index contributed by atoms with van der Waals surface area (Å²) < 4.78 is 38.5. The zero-order valence-corrected chi connectivity index (χ0v) is 10.5. The molecular weight excluding hydrogens is 245 g/mol. The average Bonchev–Trinajstić information content (AvgIpc) is 2.68. The molecule has 1 aromatic rings. The minimum absolute atomic E-state index is 0.0749. The van der Waals surface area contributed by atoms with Crippen LogP contribution in [0.1, 0.15) is 38.0 Å². The van der Waals surface area contributed by atoms with Gasteiger partial charge in [-0.15, -0.1) is 10.2 Å². The highest BCUT2D eigenvalue weighted by Crippen LogP contribution is 2.26. The highest BCUT2D eigenvalue weighted by molar-refractivity contribution is 5.05. The molecule has 1 N–H and O–H groups in total. The third kappa shape index (κ3) is 2.82. The van der Waals surface area contributed by atoms with Gasteiger partial charge in [-0.2, -0.15) is 13.2 Å². The van der Waals surface area contributed by atoms with Crippen LogP contribution in [0.2, 0.25) is 0 Å². The van der Waals surface area contributed by atoms with Crippen molar-refractivity contribution in [3.63, 3.8) is 0 Å². The molecule has 0 radical (unpaired) electrons. The molecule has 0 saturated carbocycles. The largest absolute Gasteiger partial charge is 0.389 e. The number of hydrogen-bond acceptors (Lipinski definition) is 3. The Morgan fingerprint density at radius 2 is 2.11 bits per heavy atom. The molecule has 0 aromatic carbocycles. The van der Waals surface area contributed by atoms with Gasteiger partial charge in [0.15, 0.2) is 5.82 Å². The van der Waals surface area contributed by atoms with Crippen molar-refractivity contribution in [1.29, 1.82) is 0 Å². The monoisotopic (exact) mass is 262 g/mol. The first-order valence-electron chi connectivity index (χ1n) is 6.10. The molecule has 2 rings (SSSR count). The lowest BCUT2D eigenvalue weighted by molar-refractivity contribution is -0.134. The van der Waals surface area contributed by atoms with Crippen molar-refractivity contribution in [3.05, 3.63) is 11.6 Å². The van der Waals surface area contributed by atoms with Gasteiger partial charge in [-0.05, 0) is 5.92 Å². The molecule has 4 nitrogen and oxygen atoms in total. The Labute approximate surface area is 104 Å². The summed E-state index contributed by atoms with van der Waals surface area (Å²) in [5.74, 6) is 1.53. The van der Waals surface area contributed by atoms with Gasteiger partial charge in [0.2, 0.25) is 0 Å². The molecule has 1 aromatic heterocycles. The fourth-order valence-electron chi connectivity index (χ4n) is 2.22. The molecule has 0 bridgehead atoms. The lowest BCUT2D eigenvalue weighted by Gasteiger charge is -2.27. The van der Waals surface area contributed by atoms with E-state index in [0.717, 1.165) is 12.4 Å². The minimum Gasteiger partial charge on any atom is -0.312 e. The number of aromatic nitrogens is 3. The number of nitrogens with one attached hydrogen (secondary N) is 1. The van der Waals surface area contributed by atoms with Gasteiger partial charge in [-0.25, -0.2) is 0 Å². The molecule has 1 aliphatic rings. The first kappa shape index (κ1) is 13.3. The molecule has 0 saturated heterocycles. The number of alkyl halides is 3. The second-order valence-corrected chi connectivity index (χ2v) is 4.92. The molecule has 1 atom stereocenters. The second-order valence-electron chi connectivity index (χ2n) is 4.92. The van der Waals surface area contributed by atoms with E-state index in [4.69, 9.17) is 0 Å². The Kier molecular flexibility index (Phi) is 3.61. The van der Waals surface area contributed by atoms with Gasteiger partial charge in [0.1, 0.15) is 5.82 Å². The minimum atomic E-state index is -4.14. The van der Waals surface area contributed by atoms with E-state index >= 15 is 0 Å². The van der Waals surface area contributed by atoms with Crippen molar-refractivity contribution in [1.82, 2.24) is 20.1 Å². The van der Waals surface area contributed by atoms with Crippen LogP contribution in [0.4, 0.5) is 13.2 Å². The van der Waals surface area contributed by atoms with Gasteiger partial charge in [0, 0.05) is 19.5 Å². The summed E-state index contributed by atoms with van der Waals surface area (Å²) in [4.78, 5) is 0. The van der Waals surface area contributed by atoms with E-state index in [9.17, 15) is 13.2 Å². The standard InChI is InChI=1S/C11H17F3N4/c1-7(2)9-10-17-16-8(3-4-11(12,13)14)18(10)6-5-15-9/h7,9,15H,3-6H2,1-2H3. The smallest absolute Gasteiger partial charge is 0.312 e. The van der Waals surface area contributed by atoms with E-state index in [2.05, 4.69) is 29.4 Å². The van der Waals surface area contributed by atoms with Gasteiger partial charge in [0.25, 0.3) is 0 Å². The van der Waals surface area contributed by atoms with E-state index < -0.39 is 12.6 Å². The Hall–Kier alpha value is -1.11. The maximum Gasteiger partial charge on any atom is 0.389 e. The van der Waals surface area contributed by atoms with E-state index in [0.29, 0.717) is 18.3 Å². The number of rotatable bonds is 3. The van der Waals surface area contributed by atoms with E-state index in [1.807, 2.05) is 4.57 Å². The zero-order valence-electron chi connectivity index (χ0n) is 10.5. The van der Waals surface area contributed by atoms with Gasteiger partial charge in [0.05, 0.1) is 12.5 Å². The van der Waals surface area contributed by atoms with Crippen LogP contribution in [-0.4, -0.2) is 27.5 Å². The topological polar surface area (TPSA) is 42.7 Å². The number of halogens is 3. The van der Waals surface area contributed by atoms with E-state index in [1.54, 1.807) is 0 Å². The van der Waals surface area contributed by atoms with Crippen LogP contribution in [0, 0.1) is 5.92 Å². The third-order valence-corrected chi connectivity index (χ3v) is 3.13. The van der Waals surface area contributed by atoms with Crippen LogP contribution in [0.15, 0.2) is 0 Å². The fraction of sp³-hybridized carbons (Fsp3) is 0.818. The van der Waals surface area contributed by atoms with Crippen LogP contribution in [0.5, 0.6) is 0 Å². The quantitative estimate of drug-likeness (QED) is 0.906. The summed E-state index contributed by atoms with van der Waals surface area (Å²) in [7, 11) is 0. The SMILES string of the molecule is CC(C)C1NCCn2c(CCC(F)(F)F)nnc21. The first-order chi connectivity index (χ1) is 8.38. The van der Waals surface area contributed by atoms with Gasteiger partial charge in [-0.3, -0.25) is 0 Å². The average molecular weight is 262 g/mol. The summed E-state index contributed by atoms with van der Waals surface area (Å²) in [5, 5.41) is 11.3. The zero-order chi connectivity index (χ0) is 13.3. The van der Waals surface area contributed by atoms with Gasteiger partial charge in [-0.1, -0.05) is 13.8 Å². The number of hydrogen-bond donors (Lipinski definition) is 1.